The van der Waals surface area contributed by atoms with Crippen molar-refractivity contribution in [3.63, 3.8) is 0 Å². The van der Waals surface area contributed by atoms with Gasteiger partial charge in [0.25, 0.3) is 0 Å². The van der Waals surface area contributed by atoms with E-state index in [9.17, 15) is 9.59 Å². The smallest absolute Gasteiger partial charge is 0.231 e. The molecule has 0 saturated carbocycles. The van der Waals surface area contributed by atoms with Gasteiger partial charge >= 0.3 is 0 Å². The first-order valence-corrected chi connectivity index (χ1v) is 9.06. The predicted octanol–water partition coefficient (Wildman–Crippen LogP) is 1.44. The van der Waals surface area contributed by atoms with E-state index in [1.165, 1.54) is 5.56 Å². The van der Waals surface area contributed by atoms with E-state index >= 15 is 0 Å². The van der Waals surface area contributed by atoms with E-state index in [0.717, 1.165) is 12.1 Å². The van der Waals surface area contributed by atoms with Gasteiger partial charge < -0.3 is 9.80 Å². The molecule has 1 aromatic heterocycles. The zero-order valence-corrected chi connectivity index (χ0v) is 15.3. The summed E-state index contributed by atoms with van der Waals surface area (Å²) in [5.74, 6) is 0.350. The lowest BCUT2D eigenvalue weighted by molar-refractivity contribution is -0.135. The Hall–Kier alpha value is -2.63. The van der Waals surface area contributed by atoms with Gasteiger partial charge in [-0.05, 0) is 18.1 Å². The monoisotopic (exact) mass is 352 g/mol. The fourth-order valence-electron chi connectivity index (χ4n) is 4.50. The highest BCUT2D eigenvalue weighted by Crippen LogP contribution is 2.49. The van der Waals surface area contributed by atoms with E-state index in [1.807, 2.05) is 54.4 Å². The number of likely N-dealkylation sites (N-methyl/N-ethyl adjacent to an activating group) is 1. The number of carbonyl (C=O) groups excluding carboxylic acids is 2. The summed E-state index contributed by atoms with van der Waals surface area (Å²) < 4.78 is 1.70. The zero-order chi connectivity index (χ0) is 18.3. The van der Waals surface area contributed by atoms with Crippen LogP contribution in [0.1, 0.15) is 23.6 Å². The molecule has 26 heavy (non-hydrogen) atoms. The molecule has 2 aliphatic rings. The first-order chi connectivity index (χ1) is 12.5. The summed E-state index contributed by atoms with van der Waals surface area (Å²) in [5, 5.41) is 4.29. The van der Waals surface area contributed by atoms with Crippen LogP contribution in [0.3, 0.4) is 0 Å². The molecule has 136 valence electrons. The van der Waals surface area contributed by atoms with Gasteiger partial charge in [-0.3, -0.25) is 14.3 Å². The molecular weight excluding hydrogens is 328 g/mol. The van der Waals surface area contributed by atoms with E-state index in [2.05, 4.69) is 17.2 Å². The first kappa shape index (κ1) is 16.8. The van der Waals surface area contributed by atoms with Gasteiger partial charge in [0.2, 0.25) is 11.8 Å². The van der Waals surface area contributed by atoms with Crippen LogP contribution < -0.4 is 0 Å². The van der Waals surface area contributed by atoms with Gasteiger partial charge in [0.05, 0.1) is 17.5 Å². The number of nitrogens with zero attached hydrogens (tertiary/aromatic N) is 4. The van der Waals surface area contributed by atoms with Crippen LogP contribution >= 0.6 is 0 Å². The zero-order valence-electron chi connectivity index (χ0n) is 15.3. The van der Waals surface area contributed by atoms with E-state index in [4.69, 9.17) is 0 Å². The topological polar surface area (TPSA) is 58.4 Å². The lowest BCUT2D eigenvalue weighted by Crippen LogP contribution is -2.39. The molecule has 0 unspecified atom stereocenters. The number of aromatic nitrogens is 2. The summed E-state index contributed by atoms with van der Waals surface area (Å²) in [4.78, 5) is 29.4. The van der Waals surface area contributed by atoms with Gasteiger partial charge in [-0.15, -0.1) is 0 Å². The maximum Gasteiger partial charge on any atom is 0.231 e. The number of carbonyl (C=O) groups is 2. The number of likely N-dealkylation sites (tertiary alicyclic amines) is 2. The summed E-state index contributed by atoms with van der Waals surface area (Å²) in [7, 11) is 3.71. The van der Waals surface area contributed by atoms with Crippen LogP contribution in [0.15, 0.2) is 42.6 Å². The van der Waals surface area contributed by atoms with Crippen molar-refractivity contribution in [3.8, 4) is 0 Å². The van der Waals surface area contributed by atoms with Gasteiger partial charge in [-0.1, -0.05) is 30.3 Å². The molecule has 1 aromatic carbocycles. The highest BCUT2D eigenvalue weighted by atomic mass is 16.2. The molecule has 1 spiro atoms. The minimum Gasteiger partial charge on any atom is -0.345 e. The second-order valence-electron chi connectivity index (χ2n) is 7.53. The van der Waals surface area contributed by atoms with Crippen molar-refractivity contribution in [1.82, 2.24) is 19.6 Å². The quantitative estimate of drug-likeness (QED) is 0.840. The summed E-state index contributed by atoms with van der Waals surface area (Å²) in [6.45, 7) is 1.85. The molecule has 4 rings (SSSR count). The van der Waals surface area contributed by atoms with E-state index < -0.39 is 5.41 Å². The Kier molecular flexibility index (Phi) is 4.05. The first-order valence-electron chi connectivity index (χ1n) is 9.06. The average molecular weight is 352 g/mol. The number of amides is 2. The van der Waals surface area contributed by atoms with Gasteiger partial charge in [-0.25, -0.2) is 0 Å². The van der Waals surface area contributed by atoms with Crippen LogP contribution in [-0.4, -0.2) is 58.1 Å². The molecule has 0 aliphatic carbocycles. The molecular formula is C20H24N4O2. The Morgan fingerprint density at radius 3 is 2.69 bits per heavy atom. The fraction of sp³-hybridized carbons (Fsp3) is 0.450. The summed E-state index contributed by atoms with van der Waals surface area (Å²) >= 11 is 0. The Morgan fingerprint density at radius 1 is 1.23 bits per heavy atom. The number of benzene rings is 1. The predicted molar refractivity (Wildman–Crippen MR) is 97.4 cm³/mol. The van der Waals surface area contributed by atoms with E-state index in [0.29, 0.717) is 19.6 Å². The number of rotatable bonds is 3. The third-order valence-electron chi connectivity index (χ3n) is 5.85. The third kappa shape index (κ3) is 2.69. The van der Waals surface area contributed by atoms with Crippen molar-refractivity contribution in [2.45, 2.75) is 18.8 Å². The number of hydrogen-bond acceptors (Lipinski definition) is 3. The van der Waals surface area contributed by atoms with Gasteiger partial charge in [0.1, 0.15) is 0 Å². The second-order valence-corrected chi connectivity index (χ2v) is 7.53. The minimum atomic E-state index is -0.490. The van der Waals surface area contributed by atoms with Crippen molar-refractivity contribution < 1.29 is 9.59 Å². The number of hydrogen-bond donors (Lipinski definition) is 0. The van der Waals surface area contributed by atoms with E-state index in [1.54, 1.807) is 4.68 Å². The molecule has 0 radical (unpaired) electrons. The van der Waals surface area contributed by atoms with Crippen LogP contribution in [0.2, 0.25) is 0 Å². The molecule has 2 fully saturated rings. The van der Waals surface area contributed by atoms with Crippen LogP contribution in [0.4, 0.5) is 0 Å². The van der Waals surface area contributed by atoms with Gasteiger partial charge in [0, 0.05) is 45.8 Å². The summed E-state index contributed by atoms with van der Waals surface area (Å²) in [6.07, 6.45) is 2.86. The molecule has 0 bridgehead atoms. The largest absolute Gasteiger partial charge is 0.345 e. The molecule has 6 nitrogen and oxygen atoms in total. The Bertz CT molecular complexity index is 831. The van der Waals surface area contributed by atoms with Gasteiger partial charge in [-0.2, -0.15) is 5.10 Å². The molecule has 2 saturated heterocycles. The summed E-state index contributed by atoms with van der Waals surface area (Å²) in [6, 6.07) is 12.1. The maximum absolute atomic E-state index is 13.0. The average Bonchev–Trinajstić information content (AvgIpc) is 3.32. The molecule has 2 amide bonds. The van der Waals surface area contributed by atoms with Crippen molar-refractivity contribution >= 4 is 11.8 Å². The van der Waals surface area contributed by atoms with Crippen LogP contribution in [-0.2, 0) is 23.1 Å². The van der Waals surface area contributed by atoms with Crippen molar-refractivity contribution in [1.29, 1.82) is 0 Å². The van der Waals surface area contributed by atoms with Crippen molar-refractivity contribution in [2.24, 2.45) is 12.5 Å². The third-order valence-corrected chi connectivity index (χ3v) is 5.85. The molecule has 2 aromatic rings. The Labute approximate surface area is 153 Å². The molecule has 0 N–H and O–H groups in total. The molecule has 6 heteroatoms. The normalized spacial score (nSPS) is 25.5. The lowest BCUT2D eigenvalue weighted by atomic mass is 9.73. The second kappa shape index (κ2) is 6.27. The van der Waals surface area contributed by atoms with Gasteiger partial charge in [0.15, 0.2) is 0 Å². The molecule has 2 aliphatic heterocycles. The van der Waals surface area contributed by atoms with Crippen LogP contribution in [0.5, 0.6) is 0 Å². The standard InChI is InChI=1S/C20H24N4O2/c1-22-13-17(15-6-4-3-5-7-15)20(19(22)26)9-11-24(14-20)18(25)12-16-8-10-23(2)21-16/h3-8,10,17H,9,11-14H2,1-2H3/t17-,20+/m1/s1. The van der Waals surface area contributed by atoms with E-state index in [-0.39, 0.29) is 24.2 Å². The Balaban J connectivity index is 1.56. The highest BCUT2D eigenvalue weighted by Gasteiger charge is 2.57. The highest BCUT2D eigenvalue weighted by molar-refractivity contribution is 5.89. The fourth-order valence-corrected chi connectivity index (χ4v) is 4.50. The minimum absolute atomic E-state index is 0.0507. The lowest BCUT2D eigenvalue weighted by Gasteiger charge is -2.28. The summed E-state index contributed by atoms with van der Waals surface area (Å²) in [5.41, 5.74) is 1.47. The van der Waals surface area contributed by atoms with Crippen molar-refractivity contribution in [3.05, 3.63) is 53.9 Å². The maximum atomic E-state index is 13.0. The number of aryl methyl sites for hydroxylation is 1. The van der Waals surface area contributed by atoms with Crippen LogP contribution in [0, 0.1) is 5.41 Å². The van der Waals surface area contributed by atoms with Crippen LogP contribution in [0.25, 0.3) is 0 Å². The van der Waals surface area contributed by atoms with Crippen molar-refractivity contribution in [2.75, 3.05) is 26.7 Å². The molecule has 3 heterocycles. The molecule has 2 atom stereocenters. The Morgan fingerprint density at radius 2 is 2.00 bits per heavy atom. The SMILES string of the molecule is CN1C[C@H](c2ccccc2)[C@@]2(CCN(C(=O)Cc3ccn(C)n3)C2)C1=O.